The normalized spacial score (nSPS) is 14.4. The van der Waals surface area contributed by atoms with Gasteiger partial charge in [0.25, 0.3) is 5.69 Å². The minimum absolute atomic E-state index is 0.0480. The molecule has 0 unspecified atom stereocenters. The molecule has 0 aliphatic carbocycles. The first-order valence-corrected chi connectivity index (χ1v) is 13.9. The van der Waals surface area contributed by atoms with Gasteiger partial charge in [0, 0.05) is 41.7 Å². The second-order valence-corrected chi connectivity index (χ2v) is 10.6. The number of anilines is 1. The van der Waals surface area contributed by atoms with Crippen LogP contribution in [0.25, 0.3) is 0 Å². The van der Waals surface area contributed by atoms with Gasteiger partial charge in [0.1, 0.15) is 12.4 Å². The summed E-state index contributed by atoms with van der Waals surface area (Å²) in [6.45, 7) is 3.82. The van der Waals surface area contributed by atoms with Crippen LogP contribution in [0.5, 0.6) is 17.2 Å². The summed E-state index contributed by atoms with van der Waals surface area (Å²) >= 11 is 0. The number of halogens is 3. The number of urea groups is 1. The topological polar surface area (TPSA) is 128 Å². The highest BCUT2D eigenvalue weighted by atomic mass is 19.4. The number of hydrogen-bond donors (Lipinski definition) is 2. The maximum atomic E-state index is 13.6. The number of non-ortho nitro benzene ring substituents is 1. The zero-order valence-electron chi connectivity index (χ0n) is 24.6. The molecule has 1 saturated heterocycles. The molecular weight excluding hydrogens is 583 g/mol. The Balaban J connectivity index is 1.52. The number of carbonyl (C=O) groups is 1. The number of alkyl halides is 3. The average Bonchev–Trinajstić information content (AvgIpc) is 2.99. The van der Waals surface area contributed by atoms with Crippen molar-refractivity contribution in [1.29, 1.82) is 0 Å². The lowest BCUT2D eigenvalue weighted by Crippen LogP contribution is -2.55. The summed E-state index contributed by atoms with van der Waals surface area (Å²) in [5.74, 6) is 0.826. The molecular formula is C30H34F3N5O6. The molecule has 2 heterocycles. The van der Waals surface area contributed by atoms with Crippen LogP contribution in [0, 0.1) is 17.0 Å². The van der Waals surface area contributed by atoms with Crippen molar-refractivity contribution >= 4 is 17.4 Å². The van der Waals surface area contributed by atoms with E-state index in [1.165, 1.54) is 37.6 Å². The zero-order valence-corrected chi connectivity index (χ0v) is 24.6. The van der Waals surface area contributed by atoms with Crippen molar-refractivity contribution in [2.45, 2.75) is 51.6 Å². The van der Waals surface area contributed by atoms with E-state index in [1.54, 1.807) is 36.1 Å². The molecule has 1 aliphatic rings. The SMILES string of the molecule is COc1cc(CN(C(=O)Nc2cccc([N+](=O)[O-])c2)C2(C)CCNCC2)ccc1OCc1nccc(OCC(F)(F)F)c1C. The Kier molecular flexibility index (Phi) is 10.1. The standard InChI is InChI=1S/C30H34F3N5O6/c1-20-24(35-12-9-25(20)44-19-30(31,32)33)18-43-26-8-7-21(15-27(26)42-3)17-37(29(2)10-13-34-14-11-29)28(39)36-22-5-4-6-23(16-22)38(40)41/h4-9,12,15-16,34H,10-11,13-14,17-19H2,1-3H3,(H,36,39). The van der Waals surface area contributed by atoms with Crippen LogP contribution in [0.4, 0.5) is 29.3 Å². The van der Waals surface area contributed by atoms with Crippen LogP contribution in [0.2, 0.25) is 0 Å². The van der Waals surface area contributed by atoms with Crippen molar-refractivity contribution in [3.63, 3.8) is 0 Å². The quantitative estimate of drug-likeness (QED) is 0.198. The van der Waals surface area contributed by atoms with Gasteiger partial charge in [-0.3, -0.25) is 15.1 Å². The number of amides is 2. The van der Waals surface area contributed by atoms with Crippen LogP contribution in [-0.2, 0) is 13.2 Å². The first kappa shape index (κ1) is 32.3. The zero-order chi connectivity index (χ0) is 31.9. The molecule has 0 bridgehead atoms. The van der Waals surface area contributed by atoms with Crippen molar-refractivity contribution in [2.75, 3.05) is 32.1 Å². The fraction of sp³-hybridized carbons (Fsp3) is 0.400. The van der Waals surface area contributed by atoms with E-state index >= 15 is 0 Å². The van der Waals surface area contributed by atoms with Crippen LogP contribution in [0.15, 0.2) is 54.7 Å². The van der Waals surface area contributed by atoms with E-state index in [0.717, 1.165) is 18.7 Å². The van der Waals surface area contributed by atoms with Crippen molar-refractivity contribution in [1.82, 2.24) is 15.2 Å². The molecule has 2 aromatic carbocycles. The van der Waals surface area contributed by atoms with E-state index in [2.05, 4.69) is 15.6 Å². The first-order chi connectivity index (χ1) is 20.9. The number of ether oxygens (including phenoxy) is 3. The van der Waals surface area contributed by atoms with Crippen LogP contribution >= 0.6 is 0 Å². The summed E-state index contributed by atoms with van der Waals surface area (Å²) in [6.07, 6.45) is -1.71. The molecule has 0 atom stereocenters. The molecule has 1 aromatic heterocycles. The minimum atomic E-state index is -4.47. The summed E-state index contributed by atoms with van der Waals surface area (Å²) < 4.78 is 54.2. The number of nitrogens with one attached hydrogen (secondary N) is 2. The van der Waals surface area contributed by atoms with E-state index in [9.17, 15) is 28.1 Å². The molecule has 236 valence electrons. The van der Waals surface area contributed by atoms with E-state index in [4.69, 9.17) is 14.2 Å². The summed E-state index contributed by atoms with van der Waals surface area (Å²) in [6, 6.07) is 12.0. The van der Waals surface area contributed by atoms with Crippen molar-refractivity contribution in [2.24, 2.45) is 0 Å². The number of nitrogens with zero attached hydrogens (tertiary/aromatic N) is 3. The average molecular weight is 618 g/mol. The molecule has 2 amide bonds. The Bertz CT molecular complexity index is 1480. The Morgan fingerprint density at radius 1 is 1.11 bits per heavy atom. The van der Waals surface area contributed by atoms with Gasteiger partial charge in [0.05, 0.1) is 17.7 Å². The third-order valence-electron chi connectivity index (χ3n) is 7.47. The first-order valence-electron chi connectivity index (χ1n) is 13.9. The molecule has 11 nitrogen and oxygen atoms in total. The number of hydrogen-bond acceptors (Lipinski definition) is 8. The van der Waals surface area contributed by atoms with Gasteiger partial charge < -0.3 is 29.7 Å². The van der Waals surface area contributed by atoms with Gasteiger partial charge in [-0.1, -0.05) is 12.1 Å². The number of pyridine rings is 1. The van der Waals surface area contributed by atoms with Crippen LogP contribution in [0.3, 0.4) is 0 Å². The Morgan fingerprint density at radius 2 is 1.86 bits per heavy atom. The largest absolute Gasteiger partial charge is 0.493 e. The van der Waals surface area contributed by atoms with Crippen LogP contribution in [0.1, 0.15) is 36.6 Å². The number of rotatable bonds is 11. The minimum Gasteiger partial charge on any atom is -0.493 e. The van der Waals surface area contributed by atoms with Crippen LogP contribution < -0.4 is 24.8 Å². The molecule has 4 rings (SSSR count). The highest BCUT2D eigenvalue weighted by molar-refractivity contribution is 5.90. The molecule has 0 saturated carbocycles. The predicted molar refractivity (Wildman–Crippen MR) is 156 cm³/mol. The number of aromatic nitrogens is 1. The molecule has 0 radical (unpaired) electrons. The molecule has 1 fully saturated rings. The van der Waals surface area contributed by atoms with Gasteiger partial charge >= 0.3 is 12.2 Å². The van der Waals surface area contributed by atoms with Crippen molar-refractivity contribution < 1.29 is 37.1 Å². The van der Waals surface area contributed by atoms with Gasteiger partial charge in [0.2, 0.25) is 0 Å². The summed E-state index contributed by atoms with van der Waals surface area (Å²) in [5.41, 5.74) is 1.26. The highest BCUT2D eigenvalue weighted by Crippen LogP contribution is 2.33. The van der Waals surface area contributed by atoms with E-state index in [-0.39, 0.29) is 24.6 Å². The maximum absolute atomic E-state index is 13.6. The third kappa shape index (κ3) is 8.28. The van der Waals surface area contributed by atoms with E-state index < -0.39 is 29.3 Å². The molecule has 44 heavy (non-hydrogen) atoms. The molecule has 0 spiro atoms. The number of methoxy groups -OCH3 is 1. The number of carbonyl (C=O) groups excluding carboxylic acids is 1. The molecule has 1 aliphatic heterocycles. The van der Waals surface area contributed by atoms with Gasteiger partial charge in [0.15, 0.2) is 18.1 Å². The number of piperidine rings is 1. The predicted octanol–water partition coefficient (Wildman–Crippen LogP) is 6.00. The Labute approximate surface area is 252 Å². The third-order valence-corrected chi connectivity index (χ3v) is 7.47. The van der Waals surface area contributed by atoms with Gasteiger partial charge in [-0.25, -0.2) is 4.79 Å². The number of nitro benzene ring substituents is 1. The van der Waals surface area contributed by atoms with Crippen molar-refractivity contribution in [3.8, 4) is 17.2 Å². The fourth-order valence-corrected chi connectivity index (χ4v) is 4.91. The highest BCUT2D eigenvalue weighted by Gasteiger charge is 2.37. The molecule has 3 aromatic rings. The molecule has 14 heteroatoms. The number of benzene rings is 2. The summed E-state index contributed by atoms with van der Waals surface area (Å²) in [7, 11) is 1.47. The Hall–Kier alpha value is -4.59. The lowest BCUT2D eigenvalue weighted by Gasteiger charge is -2.44. The van der Waals surface area contributed by atoms with E-state index in [0.29, 0.717) is 41.3 Å². The summed E-state index contributed by atoms with van der Waals surface area (Å²) in [5, 5.41) is 17.3. The summed E-state index contributed by atoms with van der Waals surface area (Å²) in [4.78, 5) is 30.3. The monoisotopic (exact) mass is 617 g/mol. The lowest BCUT2D eigenvalue weighted by molar-refractivity contribution is -0.384. The second kappa shape index (κ2) is 13.8. The molecule has 2 N–H and O–H groups in total. The maximum Gasteiger partial charge on any atom is 0.422 e. The van der Waals surface area contributed by atoms with Gasteiger partial charge in [-0.2, -0.15) is 13.2 Å². The van der Waals surface area contributed by atoms with Crippen molar-refractivity contribution in [3.05, 3.63) is 81.7 Å². The number of nitro groups is 1. The lowest BCUT2D eigenvalue weighted by atomic mass is 9.88. The van der Waals surface area contributed by atoms with Crippen LogP contribution in [-0.4, -0.2) is 59.4 Å². The fourth-order valence-electron chi connectivity index (χ4n) is 4.91. The second-order valence-electron chi connectivity index (χ2n) is 10.6. The van der Waals surface area contributed by atoms with Gasteiger partial charge in [-0.15, -0.1) is 0 Å². The smallest absolute Gasteiger partial charge is 0.422 e. The van der Waals surface area contributed by atoms with Gasteiger partial charge in [-0.05, 0) is 69.6 Å². The van der Waals surface area contributed by atoms with E-state index in [1.807, 2.05) is 6.92 Å². The Morgan fingerprint density at radius 3 is 2.55 bits per heavy atom.